The number of carbonyl (C=O) groups excluding carboxylic acids is 1. The van der Waals surface area contributed by atoms with Crippen LogP contribution < -0.4 is 19.6 Å². The van der Waals surface area contributed by atoms with Crippen molar-refractivity contribution in [1.82, 2.24) is 4.57 Å². The third-order valence-corrected chi connectivity index (χ3v) is 9.17. The smallest absolute Gasteiger partial charge is 0.338 e. The Hall–Kier alpha value is -4.40. The molecule has 0 bridgehead atoms. The number of aromatic nitrogens is 1. The normalized spacial score (nSPS) is 14.9. The number of rotatable bonds is 8. The van der Waals surface area contributed by atoms with Gasteiger partial charge in [0.25, 0.3) is 5.56 Å². The molecule has 4 aromatic carbocycles. The van der Waals surface area contributed by atoms with Crippen LogP contribution in [0.1, 0.15) is 43.5 Å². The zero-order valence-electron chi connectivity index (χ0n) is 24.9. The van der Waals surface area contributed by atoms with Crippen LogP contribution in [0.3, 0.4) is 0 Å². The second-order valence-corrected chi connectivity index (χ2v) is 12.7. The van der Waals surface area contributed by atoms with Crippen LogP contribution in [-0.4, -0.2) is 22.9 Å². The fraction of sp³-hybridized carbons (Fsp3) is 0.194. The predicted octanol–water partition coefficient (Wildman–Crippen LogP) is 6.64. The molecule has 222 valence electrons. The van der Waals surface area contributed by atoms with Gasteiger partial charge in [0.05, 0.1) is 27.9 Å². The molecule has 8 heteroatoms. The second kappa shape index (κ2) is 12.7. The van der Waals surface area contributed by atoms with Gasteiger partial charge in [0.15, 0.2) is 4.80 Å². The van der Waals surface area contributed by atoms with Gasteiger partial charge in [-0.3, -0.25) is 9.36 Å². The standard InChI is InChI=1S/C36H32N2O4S2/c1-22(2)42-35(40)32-23(3)37-36-38(33(32)26-15-17-29(43-4)18-16-26)34(39)31(44-36)20-24-9-7-13-28(19-24)41-21-27-12-8-11-25-10-5-6-14-30(25)27/h5-20,22,33H,21H2,1-4H3/b31-20-/t33-/m1/s1. The maximum Gasteiger partial charge on any atom is 0.338 e. The molecule has 1 aliphatic rings. The topological polar surface area (TPSA) is 69.9 Å². The van der Waals surface area contributed by atoms with E-state index in [1.807, 2.05) is 92.9 Å². The molecular weight excluding hydrogens is 589 g/mol. The molecule has 0 fully saturated rings. The minimum Gasteiger partial charge on any atom is -0.489 e. The van der Waals surface area contributed by atoms with Gasteiger partial charge in [0.1, 0.15) is 12.4 Å². The molecule has 0 unspecified atom stereocenters. The van der Waals surface area contributed by atoms with E-state index >= 15 is 0 Å². The maximum atomic E-state index is 14.0. The molecule has 0 radical (unpaired) electrons. The molecule has 44 heavy (non-hydrogen) atoms. The van der Waals surface area contributed by atoms with Gasteiger partial charge in [-0.15, -0.1) is 11.8 Å². The number of carbonyl (C=O) groups is 1. The molecule has 5 aromatic rings. The zero-order chi connectivity index (χ0) is 30.8. The van der Waals surface area contributed by atoms with Crippen molar-refractivity contribution in [3.8, 4) is 5.75 Å². The van der Waals surface area contributed by atoms with Crippen molar-refractivity contribution >= 4 is 45.9 Å². The Bertz CT molecular complexity index is 2070. The molecule has 6 nitrogen and oxygen atoms in total. The number of benzene rings is 4. The minimum atomic E-state index is -0.647. The van der Waals surface area contributed by atoms with Crippen molar-refractivity contribution < 1.29 is 14.3 Å². The summed E-state index contributed by atoms with van der Waals surface area (Å²) in [6.45, 7) is 5.85. The molecule has 0 aliphatic carbocycles. The van der Waals surface area contributed by atoms with Crippen LogP contribution in [-0.2, 0) is 16.1 Å². The van der Waals surface area contributed by atoms with Crippen LogP contribution in [0.15, 0.2) is 117 Å². The fourth-order valence-corrected chi connectivity index (χ4v) is 6.84. The SMILES string of the molecule is CSc1ccc([C@@H]2C(C(=O)OC(C)C)=C(C)N=c3s/c(=C\c4cccc(OCc5cccc6ccccc56)c4)c(=O)n32)cc1. The van der Waals surface area contributed by atoms with E-state index in [1.54, 1.807) is 23.3 Å². The molecule has 1 aliphatic heterocycles. The monoisotopic (exact) mass is 620 g/mol. The first-order valence-corrected chi connectivity index (χ1v) is 16.4. The first-order valence-electron chi connectivity index (χ1n) is 14.4. The van der Waals surface area contributed by atoms with E-state index in [0.717, 1.165) is 27.0 Å². The van der Waals surface area contributed by atoms with E-state index in [4.69, 9.17) is 14.5 Å². The van der Waals surface area contributed by atoms with Crippen molar-refractivity contribution in [3.05, 3.63) is 139 Å². The molecular formula is C36H32N2O4S2. The van der Waals surface area contributed by atoms with Crippen molar-refractivity contribution in [2.45, 2.75) is 44.4 Å². The van der Waals surface area contributed by atoms with Crippen LogP contribution in [0.2, 0.25) is 0 Å². The van der Waals surface area contributed by atoms with Crippen molar-refractivity contribution in [2.24, 2.45) is 4.99 Å². The Balaban J connectivity index is 1.36. The van der Waals surface area contributed by atoms with Crippen molar-refractivity contribution in [1.29, 1.82) is 0 Å². The Morgan fingerprint density at radius 1 is 1.02 bits per heavy atom. The second-order valence-electron chi connectivity index (χ2n) is 10.8. The summed E-state index contributed by atoms with van der Waals surface area (Å²) >= 11 is 2.94. The number of hydrogen-bond donors (Lipinski definition) is 0. The molecule has 0 spiro atoms. The van der Waals surface area contributed by atoms with Gasteiger partial charge >= 0.3 is 5.97 Å². The fourth-order valence-electron chi connectivity index (χ4n) is 5.39. The number of hydrogen-bond acceptors (Lipinski definition) is 7. The molecule has 1 aromatic heterocycles. The van der Waals surface area contributed by atoms with Gasteiger partial charge in [-0.05, 0) is 84.8 Å². The van der Waals surface area contributed by atoms with E-state index < -0.39 is 12.0 Å². The van der Waals surface area contributed by atoms with Gasteiger partial charge in [-0.2, -0.15) is 0 Å². The van der Waals surface area contributed by atoms with Crippen LogP contribution >= 0.6 is 23.1 Å². The third kappa shape index (κ3) is 6.00. The molecule has 1 atom stereocenters. The number of thioether (sulfide) groups is 1. The Morgan fingerprint density at radius 3 is 2.55 bits per heavy atom. The van der Waals surface area contributed by atoms with Gasteiger partial charge in [-0.25, -0.2) is 9.79 Å². The van der Waals surface area contributed by atoms with Gasteiger partial charge in [0.2, 0.25) is 0 Å². The highest BCUT2D eigenvalue weighted by Crippen LogP contribution is 2.32. The van der Waals surface area contributed by atoms with Crippen LogP contribution in [0, 0.1) is 0 Å². The molecule has 0 amide bonds. The van der Waals surface area contributed by atoms with Crippen molar-refractivity contribution in [3.63, 3.8) is 0 Å². The van der Waals surface area contributed by atoms with Crippen LogP contribution in [0.4, 0.5) is 0 Å². The highest BCUT2D eigenvalue weighted by Gasteiger charge is 2.33. The van der Waals surface area contributed by atoms with Gasteiger partial charge in [0, 0.05) is 4.90 Å². The summed E-state index contributed by atoms with van der Waals surface area (Å²) in [6.07, 6.45) is 3.56. The summed E-state index contributed by atoms with van der Waals surface area (Å²) in [5.74, 6) is 0.242. The molecule has 0 saturated heterocycles. The average Bonchev–Trinajstić information content (AvgIpc) is 3.32. The minimum absolute atomic E-state index is 0.211. The number of fused-ring (bicyclic) bond motifs is 2. The molecule has 2 heterocycles. The quantitative estimate of drug-likeness (QED) is 0.144. The van der Waals surface area contributed by atoms with E-state index in [2.05, 4.69) is 24.3 Å². The lowest BCUT2D eigenvalue weighted by molar-refractivity contribution is -0.143. The predicted molar refractivity (Wildman–Crippen MR) is 178 cm³/mol. The summed E-state index contributed by atoms with van der Waals surface area (Å²) in [5, 5.41) is 2.34. The highest BCUT2D eigenvalue weighted by atomic mass is 32.2. The maximum absolute atomic E-state index is 14.0. The van der Waals surface area contributed by atoms with E-state index in [0.29, 0.717) is 33.0 Å². The third-order valence-electron chi connectivity index (χ3n) is 7.45. The summed E-state index contributed by atoms with van der Waals surface area (Å²) in [7, 11) is 0. The largest absolute Gasteiger partial charge is 0.489 e. The number of thiazole rings is 1. The number of ether oxygens (including phenoxy) is 2. The zero-order valence-corrected chi connectivity index (χ0v) is 26.6. The van der Waals surface area contributed by atoms with E-state index in [1.165, 1.54) is 16.7 Å². The summed E-state index contributed by atoms with van der Waals surface area (Å²) < 4.78 is 13.9. The lowest BCUT2D eigenvalue weighted by atomic mass is 9.96. The van der Waals surface area contributed by atoms with E-state index in [9.17, 15) is 9.59 Å². The summed E-state index contributed by atoms with van der Waals surface area (Å²) in [5.41, 5.74) is 3.47. The molecule has 0 saturated carbocycles. The lowest BCUT2D eigenvalue weighted by Crippen LogP contribution is -2.40. The van der Waals surface area contributed by atoms with E-state index in [-0.39, 0.29) is 11.7 Å². The summed E-state index contributed by atoms with van der Waals surface area (Å²) in [4.78, 5) is 33.7. The van der Waals surface area contributed by atoms with Gasteiger partial charge in [-0.1, -0.05) is 78.1 Å². The van der Waals surface area contributed by atoms with Crippen molar-refractivity contribution in [2.75, 3.05) is 6.26 Å². The Morgan fingerprint density at radius 2 is 1.77 bits per heavy atom. The average molecular weight is 621 g/mol. The molecule has 0 N–H and O–H groups in total. The molecule has 6 rings (SSSR count). The summed E-state index contributed by atoms with van der Waals surface area (Å²) in [6, 6.07) is 29.5. The first kappa shape index (κ1) is 29.7. The number of nitrogens with zero attached hydrogens (tertiary/aromatic N) is 2. The van der Waals surface area contributed by atoms with Crippen LogP contribution in [0.5, 0.6) is 5.75 Å². The lowest BCUT2D eigenvalue weighted by Gasteiger charge is -2.25. The Kier molecular flexibility index (Phi) is 8.55. The highest BCUT2D eigenvalue weighted by molar-refractivity contribution is 7.98. The first-order chi connectivity index (χ1) is 21.3. The Labute approximate surface area is 264 Å². The van der Waals surface area contributed by atoms with Gasteiger partial charge < -0.3 is 9.47 Å². The number of esters is 1. The van der Waals surface area contributed by atoms with Crippen LogP contribution in [0.25, 0.3) is 16.8 Å². The number of allylic oxidation sites excluding steroid dienone is 1.